The molecule has 1 radical (unpaired) electrons. The Kier molecular flexibility index (Phi) is 6.14. The van der Waals surface area contributed by atoms with Gasteiger partial charge in [0.25, 0.3) is 0 Å². The van der Waals surface area contributed by atoms with Gasteiger partial charge < -0.3 is 0 Å². The number of rotatable bonds is 5. The topological polar surface area (TPSA) is 19.9 Å². The molecule has 2 heteroatoms. The average molecular weight is 164 g/mol. The molecule has 61 valence electrons. The third-order valence-corrected chi connectivity index (χ3v) is 2.23. The Balaban J connectivity index is 3.31. The van der Waals surface area contributed by atoms with Crippen molar-refractivity contribution in [2.24, 2.45) is 0 Å². The van der Waals surface area contributed by atoms with E-state index in [9.17, 15) is 5.11 Å². The third kappa shape index (κ3) is 4.13. The van der Waals surface area contributed by atoms with E-state index in [1.54, 1.807) is 0 Å². The van der Waals surface area contributed by atoms with Gasteiger partial charge in [-0.3, -0.25) is 0 Å². The van der Waals surface area contributed by atoms with Gasteiger partial charge >= 0.3 is 0 Å². The van der Waals surface area contributed by atoms with E-state index in [-0.39, 0.29) is 5.38 Å². The Labute approximate surface area is 68.4 Å². The molecule has 0 amide bonds. The third-order valence-electron chi connectivity index (χ3n) is 1.64. The number of alkyl halides is 1. The highest BCUT2D eigenvalue weighted by molar-refractivity contribution is 6.20. The molecule has 2 unspecified atom stereocenters. The lowest BCUT2D eigenvalue weighted by molar-refractivity contribution is 0.0744. The molecule has 0 aromatic heterocycles. The lowest BCUT2D eigenvalue weighted by atomic mass is 10.1. The second-order valence-electron chi connectivity index (χ2n) is 2.60. The maximum atomic E-state index is 11.1. The monoisotopic (exact) mass is 163 g/mol. The molecule has 0 aliphatic carbocycles. The van der Waals surface area contributed by atoms with Gasteiger partial charge in [0.2, 0.25) is 0 Å². The molecule has 0 aliphatic heterocycles. The molecule has 0 fully saturated rings. The van der Waals surface area contributed by atoms with Crippen molar-refractivity contribution in [3.63, 3.8) is 0 Å². The van der Waals surface area contributed by atoms with Crippen LogP contribution in [0, 0.1) is 0 Å². The quantitative estimate of drug-likeness (QED) is 0.556. The second-order valence-corrected chi connectivity index (χ2v) is 3.17. The normalized spacial score (nSPS) is 16.8. The molecule has 2 atom stereocenters. The predicted molar refractivity (Wildman–Crippen MR) is 43.9 cm³/mol. The van der Waals surface area contributed by atoms with Crippen LogP contribution in [0.4, 0.5) is 0 Å². The van der Waals surface area contributed by atoms with Crippen LogP contribution < -0.4 is 0 Å². The first kappa shape index (κ1) is 10.2. The lowest BCUT2D eigenvalue weighted by Crippen LogP contribution is -2.17. The molecule has 0 N–H and O–H groups in total. The summed E-state index contributed by atoms with van der Waals surface area (Å²) in [4.78, 5) is 0. The van der Waals surface area contributed by atoms with Crippen LogP contribution in [0.1, 0.15) is 39.5 Å². The second kappa shape index (κ2) is 5.99. The van der Waals surface area contributed by atoms with E-state index in [4.69, 9.17) is 11.6 Å². The van der Waals surface area contributed by atoms with E-state index in [1.165, 1.54) is 0 Å². The predicted octanol–water partition coefficient (Wildman–Crippen LogP) is 2.99. The fourth-order valence-corrected chi connectivity index (χ4v) is 0.975. The van der Waals surface area contributed by atoms with Crippen molar-refractivity contribution in [3.8, 4) is 0 Å². The van der Waals surface area contributed by atoms with Crippen molar-refractivity contribution >= 4 is 11.6 Å². The molecular weight excluding hydrogens is 148 g/mol. The molecule has 0 bridgehead atoms. The van der Waals surface area contributed by atoms with Crippen molar-refractivity contribution in [1.82, 2.24) is 0 Å². The van der Waals surface area contributed by atoms with Crippen LogP contribution in [-0.4, -0.2) is 11.5 Å². The Morgan fingerprint density at radius 2 is 2.00 bits per heavy atom. The van der Waals surface area contributed by atoms with Crippen LogP contribution in [0.3, 0.4) is 0 Å². The molecule has 0 aliphatic rings. The van der Waals surface area contributed by atoms with Crippen LogP contribution >= 0.6 is 11.6 Å². The minimum Gasteiger partial charge on any atom is -0.231 e. The first-order valence-electron chi connectivity index (χ1n) is 4.02. The Hall–Kier alpha value is 0.250. The molecule has 0 rings (SSSR count). The van der Waals surface area contributed by atoms with Crippen molar-refractivity contribution in [2.75, 3.05) is 0 Å². The molecular formula is C8H16ClO. The van der Waals surface area contributed by atoms with Gasteiger partial charge in [0.1, 0.15) is 6.10 Å². The Morgan fingerprint density at radius 1 is 1.40 bits per heavy atom. The summed E-state index contributed by atoms with van der Waals surface area (Å²) in [6.07, 6.45) is 3.08. The van der Waals surface area contributed by atoms with Crippen molar-refractivity contribution < 1.29 is 5.11 Å². The molecule has 0 saturated carbocycles. The Morgan fingerprint density at radius 3 is 2.40 bits per heavy atom. The zero-order chi connectivity index (χ0) is 7.98. The van der Waals surface area contributed by atoms with Gasteiger partial charge in [-0.1, -0.05) is 26.7 Å². The zero-order valence-corrected chi connectivity index (χ0v) is 7.53. The fourth-order valence-electron chi connectivity index (χ4n) is 0.849. The van der Waals surface area contributed by atoms with E-state index in [1.807, 2.05) is 6.92 Å². The summed E-state index contributed by atoms with van der Waals surface area (Å²) in [5.41, 5.74) is 0. The molecule has 10 heavy (non-hydrogen) atoms. The zero-order valence-electron chi connectivity index (χ0n) is 6.77. The van der Waals surface area contributed by atoms with E-state index in [2.05, 4.69) is 6.92 Å². The van der Waals surface area contributed by atoms with E-state index in [0.717, 1.165) is 25.7 Å². The first-order valence-corrected chi connectivity index (χ1v) is 4.45. The molecule has 0 aromatic rings. The van der Waals surface area contributed by atoms with Crippen molar-refractivity contribution in [1.29, 1.82) is 0 Å². The van der Waals surface area contributed by atoms with Gasteiger partial charge in [-0.2, -0.15) is 0 Å². The largest absolute Gasteiger partial charge is 0.231 e. The van der Waals surface area contributed by atoms with Crippen molar-refractivity contribution in [2.45, 2.75) is 51.0 Å². The standard InChI is InChI=1S/C8H16ClO/c1-3-5-6-8(10)7(9)4-2/h7-8H,3-6H2,1-2H3. The fraction of sp³-hybridized carbons (Fsp3) is 1.00. The number of halogens is 1. The smallest absolute Gasteiger partial charge is 0.109 e. The van der Waals surface area contributed by atoms with Gasteiger partial charge in [-0.05, 0) is 12.8 Å². The molecule has 0 heterocycles. The van der Waals surface area contributed by atoms with Crippen LogP contribution in [0.25, 0.3) is 0 Å². The lowest BCUT2D eigenvalue weighted by Gasteiger charge is -2.11. The summed E-state index contributed by atoms with van der Waals surface area (Å²) in [7, 11) is 0. The summed E-state index contributed by atoms with van der Waals surface area (Å²) >= 11 is 5.74. The van der Waals surface area contributed by atoms with Crippen LogP contribution in [0.2, 0.25) is 0 Å². The summed E-state index contributed by atoms with van der Waals surface area (Å²) in [6.45, 7) is 4.04. The summed E-state index contributed by atoms with van der Waals surface area (Å²) in [6, 6.07) is 0. The van der Waals surface area contributed by atoms with Gasteiger partial charge in [0, 0.05) is 0 Å². The summed E-state index contributed by atoms with van der Waals surface area (Å²) in [5, 5.41) is 10.9. The Bertz CT molecular complexity index is 75.7. The average Bonchev–Trinajstić information content (AvgIpc) is 1.98. The molecule has 0 spiro atoms. The van der Waals surface area contributed by atoms with Gasteiger partial charge in [0.15, 0.2) is 0 Å². The minimum absolute atomic E-state index is 0.161. The number of unbranched alkanes of at least 4 members (excludes halogenated alkanes) is 1. The summed E-state index contributed by atoms with van der Waals surface area (Å²) < 4.78 is 0. The van der Waals surface area contributed by atoms with E-state index >= 15 is 0 Å². The summed E-state index contributed by atoms with van der Waals surface area (Å²) in [5.74, 6) is 0. The van der Waals surface area contributed by atoms with Crippen molar-refractivity contribution in [3.05, 3.63) is 0 Å². The maximum Gasteiger partial charge on any atom is 0.109 e. The van der Waals surface area contributed by atoms with Gasteiger partial charge in [-0.15, -0.1) is 11.6 Å². The van der Waals surface area contributed by atoms with Crippen LogP contribution in [-0.2, 0) is 5.11 Å². The highest BCUT2D eigenvalue weighted by Crippen LogP contribution is 2.13. The van der Waals surface area contributed by atoms with Gasteiger partial charge in [0.05, 0.1) is 5.38 Å². The van der Waals surface area contributed by atoms with E-state index in [0.29, 0.717) is 0 Å². The van der Waals surface area contributed by atoms with Crippen LogP contribution in [0.5, 0.6) is 0 Å². The minimum atomic E-state index is -0.549. The van der Waals surface area contributed by atoms with Crippen LogP contribution in [0.15, 0.2) is 0 Å². The number of hydrogen-bond acceptors (Lipinski definition) is 0. The van der Waals surface area contributed by atoms with Gasteiger partial charge in [-0.25, -0.2) is 5.11 Å². The molecule has 1 nitrogen and oxygen atoms in total. The highest BCUT2D eigenvalue weighted by Gasteiger charge is 2.14. The first-order chi connectivity index (χ1) is 4.72. The van der Waals surface area contributed by atoms with E-state index < -0.39 is 6.10 Å². The number of hydrogen-bond donors (Lipinski definition) is 0. The highest BCUT2D eigenvalue weighted by atomic mass is 35.5. The maximum absolute atomic E-state index is 11.1. The molecule has 0 aromatic carbocycles. The molecule has 0 saturated heterocycles. The SMILES string of the molecule is CCCCC([O])C(Cl)CC.